The van der Waals surface area contributed by atoms with Gasteiger partial charge in [0.25, 0.3) is 0 Å². The van der Waals surface area contributed by atoms with E-state index < -0.39 is 0 Å². The average molecular weight is 225 g/mol. The van der Waals surface area contributed by atoms with Crippen LogP contribution in [0.25, 0.3) is 0 Å². The zero-order valence-corrected chi connectivity index (χ0v) is 10.3. The first-order valence-corrected chi connectivity index (χ1v) is 5.03. The van der Waals surface area contributed by atoms with E-state index in [0.717, 1.165) is 13.1 Å². The van der Waals surface area contributed by atoms with Gasteiger partial charge in [-0.2, -0.15) is 0 Å². The van der Waals surface area contributed by atoms with Crippen molar-refractivity contribution in [2.24, 2.45) is 4.99 Å². The first-order chi connectivity index (χ1) is 6.68. The molecule has 3 heteroatoms. The maximum Gasteiger partial charge on any atom is 0.0895 e. The SMILES string of the molecule is Cc1cc(C)c(N2C=NCC2)c(C)c1.Cl. The van der Waals surface area contributed by atoms with Crippen molar-refractivity contribution >= 4 is 24.4 Å². The molecule has 0 saturated carbocycles. The lowest BCUT2D eigenvalue weighted by molar-refractivity contribution is 1.01. The second kappa shape index (κ2) is 4.67. The molecule has 0 atom stereocenters. The van der Waals surface area contributed by atoms with Gasteiger partial charge in [0.05, 0.1) is 12.9 Å². The molecule has 82 valence electrons. The molecular weight excluding hydrogens is 208 g/mol. The predicted octanol–water partition coefficient (Wildman–Crippen LogP) is 2.88. The van der Waals surface area contributed by atoms with E-state index in [1.165, 1.54) is 22.4 Å². The summed E-state index contributed by atoms with van der Waals surface area (Å²) in [4.78, 5) is 6.49. The molecular formula is C12H17ClN2. The molecule has 0 amide bonds. The highest BCUT2D eigenvalue weighted by atomic mass is 35.5. The van der Waals surface area contributed by atoms with Crippen molar-refractivity contribution in [1.82, 2.24) is 0 Å². The fourth-order valence-electron chi connectivity index (χ4n) is 2.17. The van der Waals surface area contributed by atoms with Gasteiger partial charge in [0.15, 0.2) is 0 Å². The van der Waals surface area contributed by atoms with Crippen LogP contribution in [0.1, 0.15) is 16.7 Å². The lowest BCUT2D eigenvalue weighted by atomic mass is 10.0. The van der Waals surface area contributed by atoms with Crippen LogP contribution < -0.4 is 4.90 Å². The second-order valence-electron chi connectivity index (χ2n) is 3.96. The Morgan fingerprint density at radius 1 is 1.13 bits per heavy atom. The molecule has 2 rings (SSSR count). The highest BCUT2D eigenvalue weighted by Crippen LogP contribution is 2.26. The Labute approximate surface area is 97.4 Å². The van der Waals surface area contributed by atoms with Crippen LogP contribution in [0.3, 0.4) is 0 Å². The molecule has 0 aliphatic carbocycles. The van der Waals surface area contributed by atoms with Crippen LogP contribution in [0, 0.1) is 20.8 Å². The molecule has 1 aliphatic heterocycles. The van der Waals surface area contributed by atoms with E-state index in [1.54, 1.807) is 0 Å². The van der Waals surface area contributed by atoms with Gasteiger partial charge in [-0.3, -0.25) is 4.99 Å². The second-order valence-corrected chi connectivity index (χ2v) is 3.96. The molecule has 0 fully saturated rings. The van der Waals surface area contributed by atoms with Crippen LogP contribution in [0.15, 0.2) is 17.1 Å². The van der Waals surface area contributed by atoms with E-state index in [9.17, 15) is 0 Å². The largest absolute Gasteiger partial charge is 0.330 e. The molecule has 0 saturated heterocycles. The number of anilines is 1. The third-order valence-corrected chi connectivity index (χ3v) is 2.61. The molecule has 0 bridgehead atoms. The molecule has 1 aromatic rings. The van der Waals surface area contributed by atoms with Gasteiger partial charge in [-0.25, -0.2) is 0 Å². The van der Waals surface area contributed by atoms with Gasteiger partial charge in [0, 0.05) is 12.2 Å². The van der Waals surface area contributed by atoms with E-state index >= 15 is 0 Å². The Balaban J connectivity index is 0.00000112. The summed E-state index contributed by atoms with van der Waals surface area (Å²) < 4.78 is 0. The summed E-state index contributed by atoms with van der Waals surface area (Å²) in [6.45, 7) is 8.42. The quantitative estimate of drug-likeness (QED) is 0.716. The number of nitrogens with zero attached hydrogens (tertiary/aromatic N) is 2. The summed E-state index contributed by atoms with van der Waals surface area (Å²) in [5, 5.41) is 0. The van der Waals surface area contributed by atoms with Crippen LogP contribution in [-0.2, 0) is 0 Å². The highest BCUT2D eigenvalue weighted by Gasteiger charge is 2.13. The van der Waals surface area contributed by atoms with Crippen LogP contribution in [0.4, 0.5) is 5.69 Å². The number of aliphatic imine (C=N–C) groups is 1. The summed E-state index contributed by atoms with van der Waals surface area (Å²) >= 11 is 0. The van der Waals surface area contributed by atoms with Crippen molar-refractivity contribution in [1.29, 1.82) is 0 Å². The summed E-state index contributed by atoms with van der Waals surface area (Å²) in [6, 6.07) is 4.46. The number of hydrogen-bond acceptors (Lipinski definition) is 2. The minimum Gasteiger partial charge on any atom is -0.330 e. The van der Waals surface area contributed by atoms with Crippen molar-refractivity contribution < 1.29 is 0 Å². The van der Waals surface area contributed by atoms with Gasteiger partial charge in [0.1, 0.15) is 0 Å². The number of hydrogen-bond donors (Lipinski definition) is 0. The normalized spacial score (nSPS) is 14.2. The van der Waals surface area contributed by atoms with E-state index in [0.29, 0.717) is 0 Å². The van der Waals surface area contributed by atoms with Gasteiger partial charge in [-0.15, -0.1) is 12.4 Å². The molecule has 2 nitrogen and oxygen atoms in total. The first-order valence-electron chi connectivity index (χ1n) is 5.03. The van der Waals surface area contributed by atoms with Gasteiger partial charge in [-0.1, -0.05) is 17.7 Å². The highest BCUT2D eigenvalue weighted by molar-refractivity contribution is 5.85. The van der Waals surface area contributed by atoms with Crippen LogP contribution >= 0.6 is 12.4 Å². The smallest absolute Gasteiger partial charge is 0.0895 e. The lowest BCUT2D eigenvalue weighted by Gasteiger charge is -2.20. The fourth-order valence-corrected chi connectivity index (χ4v) is 2.17. The molecule has 0 unspecified atom stereocenters. The number of halogens is 1. The summed E-state index contributed by atoms with van der Waals surface area (Å²) in [5.41, 5.74) is 5.35. The molecule has 1 heterocycles. The first kappa shape index (κ1) is 12.1. The molecule has 0 radical (unpaired) electrons. The van der Waals surface area contributed by atoms with Gasteiger partial charge >= 0.3 is 0 Å². The molecule has 0 aromatic heterocycles. The summed E-state index contributed by atoms with van der Waals surface area (Å²) in [6.07, 6.45) is 1.95. The van der Waals surface area contributed by atoms with Gasteiger partial charge < -0.3 is 4.90 Å². The summed E-state index contributed by atoms with van der Waals surface area (Å²) in [7, 11) is 0. The lowest BCUT2D eigenvalue weighted by Crippen LogP contribution is -2.20. The van der Waals surface area contributed by atoms with E-state index in [1.807, 2.05) is 6.34 Å². The predicted molar refractivity (Wildman–Crippen MR) is 68.6 cm³/mol. The minimum atomic E-state index is 0. The van der Waals surface area contributed by atoms with Crippen molar-refractivity contribution in [3.8, 4) is 0 Å². The molecule has 15 heavy (non-hydrogen) atoms. The molecule has 0 N–H and O–H groups in total. The van der Waals surface area contributed by atoms with E-state index in [4.69, 9.17) is 0 Å². The van der Waals surface area contributed by atoms with Crippen LogP contribution in [0.2, 0.25) is 0 Å². The topological polar surface area (TPSA) is 15.6 Å². The summed E-state index contributed by atoms with van der Waals surface area (Å²) in [5.74, 6) is 0. The molecule has 1 aromatic carbocycles. The molecule has 0 spiro atoms. The third-order valence-electron chi connectivity index (χ3n) is 2.61. The maximum absolute atomic E-state index is 4.25. The monoisotopic (exact) mass is 224 g/mol. The average Bonchev–Trinajstić information content (AvgIpc) is 2.54. The van der Waals surface area contributed by atoms with Gasteiger partial charge in [0.2, 0.25) is 0 Å². The number of rotatable bonds is 1. The minimum absolute atomic E-state index is 0. The van der Waals surface area contributed by atoms with E-state index in [2.05, 4.69) is 42.8 Å². The Bertz CT molecular complexity index is 362. The Kier molecular flexibility index (Phi) is 3.75. The Morgan fingerprint density at radius 3 is 2.20 bits per heavy atom. The fraction of sp³-hybridized carbons (Fsp3) is 0.417. The van der Waals surface area contributed by atoms with Crippen molar-refractivity contribution in [2.45, 2.75) is 20.8 Å². The standard InChI is InChI=1S/C12H16N2.ClH/c1-9-6-10(2)12(11(3)7-9)14-5-4-13-8-14;/h6-8H,4-5H2,1-3H3;1H. The maximum atomic E-state index is 4.25. The third kappa shape index (κ3) is 2.32. The Morgan fingerprint density at radius 2 is 1.73 bits per heavy atom. The number of benzene rings is 1. The zero-order chi connectivity index (χ0) is 10.1. The van der Waals surface area contributed by atoms with Crippen LogP contribution in [-0.4, -0.2) is 19.4 Å². The Hall–Kier alpha value is -1.02. The van der Waals surface area contributed by atoms with Gasteiger partial charge in [-0.05, 0) is 31.9 Å². The molecule has 1 aliphatic rings. The van der Waals surface area contributed by atoms with Crippen LogP contribution in [0.5, 0.6) is 0 Å². The van der Waals surface area contributed by atoms with Crippen molar-refractivity contribution in [3.63, 3.8) is 0 Å². The van der Waals surface area contributed by atoms with Crippen molar-refractivity contribution in [3.05, 3.63) is 28.8 Å². The van der Waals surface area contributed by atoms with Crippen molar-refractivity contribution in [2.75, 3.05) is 18.0 Å². The van der Waals surface area contributed by atoms with E-state index in [-0.39, 0.29) is 12.4 Å². The zero-order valence-electron chi connectivity index (χ0n) is 9.45. The number of aryl methyl sites for hydroxylation is 3.